The van der Waals surface area contributed by atoms with Gasteiger partial charge in [-0.25, -0.2) is 8.42 Å². The number of likely N-dealkylation sites (N-methyl/N-ethyl adjacent to an activating group) is 1. The third kappa shape index (κ3) is 4.85. The molecule has 0 radical (unpaired) electrons. The molecule has 27 heavy (non-hydrogen) atoms. The summed E-state index contributed by atoms with van der Waals surface area (Å²) in [6, 6.07) is 5.21. The molecule has 1 aliphatic heterocycles. The van der Waals surface area contributed by atoms with Gasteiger partial charge in [0.05, 0.1) is 18.1 Å². The first-order valence-electron chi connectivity index (χ1n) is 8.60. The highest BCUT2D eigenvalue weighted by Gasteiger charge is 2.27. The first kappa shape index (κ1) is 21.8. The Hall–Kier alpha value is -1.52. The Morgan fingerprint density at radius 1 is 1.30 bits per heavy atom. The van der Waals surface area contributed by atoms with Crippen molar-refractivity contribution in [2.24, 2.45) is 0 Å². The normalized spacial score (nSPS) is 16.7. The van der Waals surface area contributed by atoms with Crippen molar-refractivity contribution in [3.8, 4) is 11.5 Å². The van der Waals surface area contributed by atoms with E-state index in [4.69, 9.17) is 9.26 Å². The maximum absolute atomic E-state index is 12.9. The van der Waals surface area contributed by atoms with Crippen molar-refractivity contribution < 1.29 is 17.7 Å². The van der Waals surface area contributed by atoms with Gasteiger partial charge in [-0.2, -0.15) is 9.29 Å². The van der Waals surface area contributed by atoms with Gasteiger partial charge in [-0.3, -0.25) is 0 Å². The number of rotatable bonds is 6. The van der Waals surface area contributed by atoms with Crippen molar-refractivity contribution in [2.45, 2.75) is 31.2 Å². The Bertz CT molecular complexity index is 866. The van der Waals surface area contributed by atoms with Crippen LogP contribution in [0.15, 0.2) is 27.6 Å². The molecule has 150 valence electrons. The molecule has 2 heterocycles. The maximum atomic E-state index is 12.9. The first-order valence-corrected chi connectivity index (χ1v) is 10.0. The fourth-order valence-electron chi connectivity index (χ4n) is 2.75. The predicted octanol–water partition coefficient (Wildman–Crippen LogP) is 1.64. The number of halogens is 1. The Morgan fingerprint density at radius 3 is 2.67 bits per heavy atom. The lowest BCUT2D eigenvalue weighted by molar-refractivity contribution is 0.0730. The van der Waals surface area contributed by atoms with Crippen molar-refractivity contribution >= 4 is 22.4 Å². The van der Waals surface area contributed by atoms with Crippen LogP contribution < -0.4 is 5.32 Å². The summed E-state index contributed by atoms with van der Waals surface area (Å²) in [4.78, 5) is 4.64. The summed E-state index contributed by atoms with van der Waals surface area (Å²) in [5.41, 5.74) is 1.51. The molecule has 1 unspecified atom stereocenters. The van der Waals surface area contributed by atoms with E-state index >= 15 is 0 Å². The van der Waals surface area contributed by atoms with Gasteiger partial charge in [0, 0.05) is 31.1 Å². The van der Waals surface area contributed by atoms with Crippen molar-refractivity contribution in [1.82, 2.24) is 19.8 Å². The number of aromatic nitrogens is 2. The molecule has 0 spiro atoms. The van der Waals surface area contributed by atoms with E-state index in [1.165, 1.54) is 4.31 Å². The van der Waals surface area contributed by atoms with Crippen molar-refractivity contribution in [1.29, 1.82) is 0 Å². The van der Waals surface area contributed by atoms with Crippen LogP contribution in [0.2, 0.25) is 0 Å². The number of benzene rings is 1. The lowest BCUT2D eigenvalue weighted by Gasteiger charge is -2.26. The van der Waals surface area contributed by atoms with E-state index in [0.29, 0.717) is 50.0 Å². The van der Waals surface area contributed by atoms with E-state index in [0.717, 1.165) is 5.56 Å². The largest absolute Gasteiger partial charge is 0.379 e. The van der Waals surface area contributed by atoms with Crippen LogP contribution in [0, 0.1) is 6.92 Å². The molecule has 1 saturated heterocycles. The number of aryl methyl sites for hydroxylation is 1. The highest BCUT2D eigenvalue weighted by Crippen LogP contribution is 2.27. The van der Waals surface area contributed by atoms with Gasteiger partial charge in [-0.15, -0.1) is 12.4 Å². The van der Waals surface area contributed by atoms with Gasteiger partial charge in [0.25, 0.3) is 5.89 Å². The number of hydrogen-bond donors (Lipinski definition) is 1. The smallest absolute Gasteiger partial charge is 0.258 e. The Kier molecular flexibility index (Phi) is 7.35. The van der Waals surface area contributed by atoms with E-state index in [1.54, 1.807) is 18.2 Å². The summed E-state index contributed by atoms with van der Waals surface area (Å²) >= 11 is 0. The van der Waals surface area contributed by atoms with Gasteiger partial charge >= 0.3 is 0 Å². The second kappa shape index (κ2) is 9.11. The quantitative estimate of drug-likeness (QED) is 0.764. The molecule has 3 rings (SSSR count). The van der Waals surface area contributed by atoms with Crippen LogP contribution in [0.3, 0.4) is 0 Å². The Morgan fingerprint density at radius 2 is 2.00 bits per heavy atom. The van der Waals surface area contributed by atoms with Crippen LogP contribution in [0.1, 0.15) is 18.3 Å². The molecule has 1 N–H and O–H groups in total. The fraction of sp³-hybridized carbons (Fsp3) is 0.529. The number of nitrogens with zero attached hydrogens (tertiary/aromatic N) is 3. The highest BCUT2D eigenvalue weighted by molar-refractivity contribution is 7.89. The second-order valence-corrected chi connectivity index (χ2v) is 8.34. The van der Waals surface area contributed by atoms with Gasteiger partial charge in [-0.1, -0.05) is 11.2 Å². The molecule has 8 nitrogen and oxygen atoms in total. The van der Waals surface area contributed by atoms with Crippen molar-refractivity contribution in [3.05, 3.63) is 29.6 Å². The molecular weight excluding hydrogens is 392 g/mol. The molecule has 1 aromatic carbocycles. The molecule has 1 fully saturated rings. The molecule has 0 amide bonds. The van der Waals surface area contributed by atoms with Gasteiger partial charge in [0.15, 0.2) is 5.82 Å². The molecule has 0 saturated carbocycles. The first-order chi connectivity index (χ1) is 12.4. The van der Waals surface area contributed by atoms with E-state index in [9.17, 15) is 8.42 Å². The highest BCUT2D eigenvalue weighted by atomic mass is 35.5. The van der Waals surface area contributed by atoms with Gasteiger partial charge < -0.3 is 14.6 Å². The van der Waals surface area contributed by atoms with Crippen LogP contribution in [-0.2, 0) is 21.2 Å². The lowest BCUT2D eigenvalue weighted by atomic mass is 10.1. The fourth-order valence-corrected chi connectivity index (χ4v) is 4.18. The molecule has 1 aliphatic rings. The molecule has 2 aromatic rings. The number of morpholine rings is 1. The van der Waals surface area contributed by atoms with Crippen LogP contribution in [0.5, 0.6) is 0 Å². The minimum absolute atomic E-state index is 0. The molecule has 1 atom stereocenters. The average molecular weight is 417 g/mol. The second-order valence-electron chi connectivity index (χ2n) is 6.40. The zero-order chi connectivity index (χ0) is 18.7. The standard InChI is InChI=1S/C17H24N4O4S.ClH/c1-12-4-5-14(26(22,23)21-6-8-24-9-7-21)11-15(12)17-19-16(20-25-17)10-13(2)18-3;/h4-5,11,13,18H,6-10H2,1-3H3;1H. The van der Waals surface area contributed by atoms with Crippen LogP contribution in [-0.4, -0.2) is 62.3 Å². The van der Waals surface area contributed by atoms with Crippen molar-refractivity contribution in [3.63, 3.8) is 0 Å². The average Bonchev–Trinajstić information content (AvgIpc) is 3.10. The molecular formula is C17H25ClN4O4S. The Labute approximate surface area is 165 Å². The third-order valence-corrected chi connectivity index (χ3v) is 6.39. The van der Waals surface area contributed by atoms with E-state index in [2.05, 4.69) is 15.5 Å². The van der Waals surface area contributed by atoms with Crippen LogP contribution >= 0.6 is 12.4 Å². The SMILES string of the molecule is CNC(C)Cc1noc(-c2cc(S(=O)(=O)N3CCOCC3)ccc2C)n1.Cl. The van der Waals surface area contributed by atoms with Gasteiger partial charge in [-0.05, 0) is 38.6 Å². The maximum Gasteiger partial charge on any atom is 0.258 e. The van der Waals surface area contributed by atoms with E-state index in [1.807, 2.05) is 20.9 Å². The molecule has 10 heteroatoms. The topological polar surface area (TPSA) is 97.6 Å². The predicted molar refractivity (Wildman–Crippen MR) is 104 cm³/mol. The Balaban J connectivity index is 0.00000261. The molecule has 0 bridgehead atoms. The minimum Gasteiger partial charge on any atom is -0.379 e. The summed E-state index contributed by atoms with van der Waals surface area (Å²) in [5.74, 6) is 0.919. The van der Waals surface area contributed by atoms with E-state index < -0.39 is 10.0 Å². The summed E-state index contributed by atoms with van der Waals surface area (Å²) in [5, 5.41) is 7.12. The summed E-state index contributed by atoms with van der Waals surface area (Å²) in [6.07, 6.45) is 0.630. The van der Waals surface area contributed by atoms with Gasteiger partial charge in [0.2, 0.25) is 10.0 Å². The van der Waals surface area contributed by atoms with Crippen molar-refractivity contribution in [2.75, 3.05) is 33.4 Å². The summed E-state index contributed by atoms with van der Waals surface area (Å²) in [6.45, 7) is 5.46. The summed E-state index contributed by atoms with van der Waals surface area (Å²) < 4.78 is 37.8. The minimum atomic E-state index is -3.57. The summed E-state index contributed by atoms with van der Waals surface area (Å²) in [7, 11) is -1.70. The third-order valence-electron chi connectivity index (χ3n) is 4.50. The van der Waals surface area contributed by atoms with Crippen LogP contribution in [0.4, 0.5) is 0 Å². The van der Waals surface area contributed by atoms with E-state index in [-0.39, 0.29) is 23.3 Å². The van der Waals surface area contributed by atoms with Crippen LogP contribution in [0.25, 0.3) is 11.5 Å². The molecule has 1 aromatic heterocycles. The zero-order valence-corrected chi connectivity index (χ0v) is 17.3. The monoisotopic (exact) mass is 416 g/mol. The zero-order valence-electron chi connectivity index (χ0n) is 15.6. The number of ether oxygens (including phenoxy) is 1. The number of nitrogens with one attached hydrogen (secondary N) is 1. The lowest BCUT2D eigenvalue weighted by Crippen LogP contribution is -2.40. The number of sulfonamides is 1. The number of hydrogen-bond acceptors (Lipinski definition) is 7. The molecule has 0 aliphatic carbocycles. The van der Waals surface area contributed by atoms with Gasteiger partial charge in [0.1, 0.15) is 0 Å².